The van der Waals surface area contributed by atoms with Crippen molar-refractivity contribution in [1.29, 1.82) is 0 Å². The predicted octanol–water partition coefficient (Wildman–Crippen LogP) is 2.50. The van der Waals surface area contributed by atoms with Crippen LogP contribution in [-0.2, 0) is 11.3 Å². The van der Waals surface area contributed by atoms with Crippen LogP contribution >= 0.6 is 0 Å². The molecule has 0 saturated carbocycles. The van der Waals surface area contributed by atoms with E-state index in [4.69, 9.17) is 14.6 Å². The van der Waals surface area contributed by atoms with Gasteiger partial charge in [-0.1, -0.05) is 6.07 Å². The number of ether oxygens (including phenoxy) is 2. The van der Waals surface area contributed by atoms with Crippen molar-refractivity contribution in [2.45, 2.75) is 19.6 Å². The van der Waals surface area contributed by atoms with E-state index >= 15 is 0 Å². The predicted molar refractivity (Wildman–Crippen MR) is 88.6 cm³/mol. The third kappa shape index (κ3) is 4.95. The van der Waals surface area contributed by atoms with Gasteiger partial charge in [-0.25, -0.2) is 4.79 Å². The molecule has 0 aromatic heterocycles. The summed E-state index contributed by atoms with van der Waals surface area (Å²) in [5.74, 6) is -4.31. The number of urea groups is 1. The molecular formula is C17H21F3N2O5. The highest BCUT2D eigenvalue weighted by molar-refractivity contribution is 5.77. The lowest BCUT2D eigenvalue weighted by atomic mass is 9.96. The van der Waals surface area contributed by atoms with Gasteiger partial charge in [0.2, 0.25) is 0 Å². The minimum absolute atomic E-state index is 0.0494. The molecule has 2 amide bonds. The molecule has 1 aromatic carbocycles. The number of nitrogens with one attached hydrogen (secondary N) is 1. The summed E-state index contributed by atoms with van der Waals surface area (Å²) in [6.45, 7) is 1.09. The minimum atomic E-state index is -4.68. The molecule has 10 heteroatoms. The maximum atomic E-state index is 13.0. The van der Waals surface area contributed by atoms with Gasteiger partial charge in [0.1, 0.15) is 0 Å². The number of rotatable bonds is 6. The van der Waals surface area contributed by atoms with Gasteiger partial charge in [0.15, 0.2) is 11.5 Å². The number of carboxylic acid groups (broad SMARTS) is 1. The SMILES string of the molecule is CCOc1cc(CNC(=O)N2C[C@@H](C(F)(F)F)[C@H](C(=O)O)C2)ccc1OC. The van der Waals surface area contributed by atoms with Crippen LogP contribution < -0.4 is 14.8 Å². The first kappa shape index (κ1) is 20.7. The van der Waals surface area contributed by atoms with E-state index in [0.717, 1.165) is 4.90 Å². The van der Waals surface area contributed by atoms with E-state index in [-0.39, 0.29) is 6.54 Å². The fraction of sp³-hybridized carbons (Fsp3) is 0.529. The summed E-state index contributed by atoms with van der Waals surface area (Å²) >= 11 is 0. The van der Waals surface area contributed by atoms with Crippen LogP contribution in [0.1, 0.15) is 12.5 Å². The van der Waals surface area contributed by atoms with Crippen LogP contribution in [-0.4, -0.2) is 55.0 Å². The zero-order valence-corrected chi connectivity index (χ0v) is 14.9. The van der Waals surface area contributed by atoms with Crippen molar-refractivity contribution in [3.63, 3.8) is 0 Å². The van der Waals surface area contributed by atoms with Crippen molar-refractivity contribution >= 4 is 12.0 Å². The Hall–Kier alpha value is -2.65. The summed E-state index contributed by atoms with van der Waals surface area (Å²) in [6, 6.07) is 4.25. The molecule has 1 saturated heterocycles. The van der Waals surface area contributed by atoms with Crippen LogP contribution in [0.4, 0.5) is 18.0 Å². The molecule has 1 aromatic rings. The fourth-order valence-electron chi connectivity index (χ4n) is 2.94. The average molecular weight is 390 g/mol. The normalized spacial score (nSPS) is 19.7. The number of hydrogen-bond donors (Lipinski definition) is 2. The summed E-state index contributed by atoms with van der Waals surface area (Å²) < 4.78 is 49.6. The maximum absolute atomic E-state index is 13.0. The van der Waals surface area contributed by atoms with E-state index in [1.54, 1.807) is 25.1 Å². The number of carboxylic acids is 1. The Morgan fingerprint density at radius 3 is 2.52 bits per heavy atom. The van der Waals surface area contributed by atoms with Crippen LogP contribution in [0.25, 0.3) is 0 Å². The molecule has 2 N–H and O–H groups in total. The Balaban J connectivity index is 2.02. The number of likely N-dealkylation sites (tertiary alicyclic amines) is 1. The molecule has 0 radical (unpaired) electrons. The third-order valence-electron chi connectivity index (χ3n) is 4.32. The lowest BCUT2D eigenvalue weighted by Gasteiger charge is -2.19. The number of nitrogens with zero attached hydrogens (tertiary/aromatic N) is 1. The summed E-state index contributed by atoms with van der Waals surface area (Å²) in [4.78, 5) is 24.2. The highest BCUT2D eigenvalue weighted by Gasteiger charge is 2.53. The molecule has 0 aliphatic carbocycles. The van der Waals surface area contributed by atoms with Gasteiger partial charge >= 0.3 is 18.2 Å². The van der Waals surface area contributed by atoms with Crippen molar-refractivity contribution in [1.82, 2.24) is 10.2 Å². The van der Waals surface area contributed by atoms with Crippen molar-refractivity contribution in [3.05, 3.63) is 23.8 Å². The summed E-state index contributed by atoms with van der Waals surface area (Å²) in [5, 5.41) is 11.5. The molecule has 2 atom stereocenters. The van der Waals surface area contributed by atoms with E-state index in [9.17, 15) is 22.8 Å². The van der Waals surface area contributed by atoms with E-state index in [1.165, 1.54) is 7.11 Å². The van der Waals surface area contributed by atoms with E-state index in [2.05, 4.69) is 5.32 Å². The van der Waals surface area contributed by atoms with Crippen molar-refractivity contribution in [3.8, 4) is 11.5 Å². The number of aliphatic carboxylic acids is 1. The molecule has 1 aliphatic heterocycles. The second kappa shape index (κ2) is 8.36. The van der Waals surface area contributed by atoms with Crippen LogP contribution in [0.5, 0.6) is 11.5 Å². The van der Waals surface area contributed by atoms with Gasteiger partial charge in [-0.3, -0.25) is 4.79 Å². The Bertz CT molecular complexity index is 696. The van der Waals surface area contributed by atoms with Crippen LogP contribution in [0.15, 0.2) is 18.2 Å². The maximum Gasteiger partial charge on any atom is 0.394 e. The number of hydrogen-bond acceptors (Lipinski definition) is 4. The Kier molecular flexibility index (Phi) is 6.40. The molecule has 1 fully saturated rings. The quantitative estimate of drug-likeness (QED) is 0.779. The van der Waals surface area contributed by atoms with Crippen molar-refractivity contribution in [2.75, 3.05) is 26.8 Å². The minimum Gasteiger partial charge on any atom is -0.493 e. The van der Waals surface area contributed by atoms with Gasteiger partial charge in [0, 0.05) is 19.6 Å². The van der Waals surface area contributed by atoms with Gasteiger partial charge in [-0.15, -0.1) is 0 Å². The zero-order chi connectivity index (χ0) is 20.2. The van der Waals surface area contributed by atoms with Crippen LogP contribution in [0, 0.1) is 11.8 Å². The first-order valence-corrected chi connectivity index (χ1v) is 8.29. The van der Waals surface area contributed by atoms with Gasteiger partial charge in [0.25, 0.3) is 0 Å². The average Bonchev–Trinajstić information content (AvgIpc) is 3.06. The molecule has 150 valence electrons. The lowest BCUT2D eigenvalue weighted by molar-refractivity contribution is -0.187. The summed E-state index contributed by atoms with van der Waals surface area (Å²) in [7, 11) is 1.49. The molecule has 7 nitrogen and oxygen atoms in total. The standard InChI is InChI=1S/C17H21F3N2O5/c1-3-27-14-6-10(4-5-13(14)26-2)7-21-16(25)22-8-11(15(23)24)12(9-22)17(18,19)20/h4-6,11-12H,3,7-9H2,1-2H3,(H,21,25)(H,23,24)/t11-,12-/m1/s1. The van der Waals surface area contributed by atoms with Crippen molar-refractivity contribution < 1.29 is 37.3 Å². The molecule has 0 spiro atoms. The summed E-state index contributed by atoms with van der Waals surface area (Å²) in [5.41, 5.74) is 0.661. The first-order valence-electron chi connectivity index (χ1n) is 8.29. The largest absolute Gasteiger partial charge is 0.493 e. The molecule has 2 rings (SSSR count). The molecule has 1 aliphatic rings. The zero-order valence-electron chi connectivity index (χ0n) is 14.9. The Morgan fingerprint density at radius 2 is 2.00 bits per heavy atom. The first-order chi connectivity index (χ1) is 12.7. The highest BCUT2D eigenvalue weighted by atomic mass is 19.4. The van der Waals surface area contributed by atoms with Gasteiger partial charge in [0.05, 0.1) is 25.6 Å². The monoisotopic (exact) mass is 390 g/mol. The van der Waals surface area contributed by atoms with Gasteiger partial charge in [-0.2, -0.15) is 13.2 Å². The number of carbonyl (C=O) groups excluding carboxylic acids is 1. The molecule has 1 heterocycles. The lowest BCUT2D eigenvalue weighted by Crippen LogP contribution is -2.39. The number of carbonyl (C=O) groups is 2. The number of alkyl halides is 3. The van der Waals surface area contributed by atoms with Crippen molar-refractivity contribution in [2.24, 2.45) is 11.8 Å². The van der Waals surface area contributed by atoms with E-state index < -0.39 is 43.1 Å². The van der Waals surface area contributed by atoms with Gasteiger partial charge < -0.3 is 24.8 Å². The number of amides is 2. The fourth-order valence-corrected chi connectivity index (χ4v) is 2.94. The number of benzene rings is 1. The molecule has 0 bridgehead atoms. The Labute approximate surface area is 154 Å². The van der Waals surface area contributed by atoms with Crippen LogP contribution in [0.3, 0.4) is 0 Å². The molecule has 0 unspecified atom stereocenters. The third-order valence-corrected chi connectivity index (χ3v) is 4.32. The topological polar surface area (TPSA) is 88.1 Å². The van der Waals surface area contributed by atoms with Crippen LogP contribution in [0.2, 0.25) is 0 Å². The summed E-state index contributed by atoms with van der Waals surface area (Å²) in [6.07, 6.45) is -4.68. The second-order valence-electron chi connectivity index (χ2n) is 6.07. The number of halogens is 3. The highest BCUT2D eigenvalue weighted by Crippen LogP contribution is 2.37. The Morgan fingerprint density at radius 1 is 1.30 bits per heavy atom. The van der Waals surface area contributed by atoms with Gasteiger partial charge in [-0.05, 0) is 24.6 Å². The van der Waals surface area contributed by atoms with E-state index in [0.29, 0.717) is 23.7 Å². The molecule has 27 heavy (non-hydrogen) atoms. The second-order valence-corrected chi connectivity index (χ2v) is 6.07. The molecular weight excluding hydrogens is 369 g/mol. The number of methoxy groups -OCH3 is 1. The smallest absolute Gasteiger partial charge is 0.394 e. The van der Waals surface area contributed by atoms with E-state index in [1.807, 2.05) is 0 Å².